The Labute approximate surface area is 169 Å². The SMILES string of the molecule is CC1C=CC(C2=NOC(c3cc(Cl)cc(Cl)c3)(C(F)(F)F)C2)=CC1(C)C(=O)O. The quantitative estimate of drug-likeness (QED) is 0.659. The van der Waals surface area contributed by atoms with E-state index in [1.807, 2.05) is 0 Å². The van der Waals surface area contributed by atoms with Crippen molar-refractivity contribution in [3.63, 3.8) is 0 Å². The predicted octanol–water partition coefficient (Wildman–Crippen LogP) is 5.75. The van der Waals surface area contributed by atoms with Crippen LogP contribution in [0.3, 0.4) is 0 Å². The van der Waals surface area contributed by atoms with E-state index in [0.717, 1.165) is 12.1 Å². The third-order valence-corrected chi connectivity index (χ3v) is 5.71. The molecule has 0 amide bonds. The molecule has 0 spiro atoms. The molecule has 2 aliphatic rings. The first-order valence-electron chi connectivity index (χ1n) is 8.32. The van der Waals surface area contributed by atoms with Gasteiger partial charge in [0.2, 0.25) is 0 Å². The normalized spacial score (nSPS) is 29.9. The predicted molar refractivity (Wildman–Crippen MR) is 99.5 cm³/mol. The molecule has 1 aromatic rings. The number of carbonyl (C=O) groups is 1. The van der Waals surface area contributed by atoms with Crippen molar-refractivity contribution in [3.05, 3.63) is 57.6 Å². The molecular formula is C19H16Cl2F3NO3. The summed E-state index contributed by atoms with van der Waals surface area (Å²) < 4.78 is 42.1. The third kappa shape index (κ3) is 3.31. The van der Waals surface area contributed by atoms with Gasteiger partial charge in [-0.3, -0.25) is 4.79 Å². The molecule has 0 saturated carbocycles. The number of benzene rings is 1. The first kappa shape index (κ1) is 20.7. The molecule has 0 radical (unpaired) electrons. The van der Waals surface area contributed by atoms with Gasteiger partial charge in [-0.2, -0.15) is 13.2 Å². The van der Waals surface area contributed by atoms with E-state index < -0.39 is 29.6 Å². The maximum absolute atomic E-state index is 14.0. The minimum atomic E-state index is -4.81. The lowest BCUT2D eigenvalue weighted by Gasteiger charge is -2.31. The summed E-state index contributed by atoms with van der Waals surface area (Å²) in [6.07, 6.45) is -0.827. The molecule has 1 aliphatic heterocycles. The second-order valence-corrected chi connectivity index (χ2v) is 8.00. The summed E-state index contributed by atoms with van der Waals surface area (Å²) in [6, 6.07) is 3.58. The van der Waals surface area contributed by atoms with Gasteiger partial charge in [-0.05, 0) is 36.6 Å². The average Bonchev–Trinajstić information content (AvgIpc) is 3.03. The molecule has 4 nitrogen and oxygen atoms in total. The number of carboxylic acids is 1. The highest BCUT2D eigenvalue weighted by Crippen LogP contribution is 2.50. The topological polar surface area (TPSA) is 58.9 Å². The number of halogens is 5. The van der Waals surface area contributed by atoms with Crippen molar-refractivity contribution < 1.29 is 27.9 Å². The van der Waals surface area contributed by atoms with Crippen molar-refractivity contribution >= 4 is 34.9 Å². The van der Waals surface area contributed by atoms with E-state index in [1.54, 1.807) is 19.1 Å². The molecule has 1 aromatic carbocycles. The summed E-state index contributed by atoms with van der Waals surface area (Å²) >= 11 is 11.8. The Kier molecular flexibility index (Phi) is 5.04. The van der Waals surface area contributed by atoms with Crippen LogP contribution in [0.2, 0.25) is 10.0 Å². The summed E-state index contributed by atoms with van der Waals surface area (Å²) in [5.74, 6) is -1.42. The second-order valence-electron chi connectivity index (χ2n) is 7.12. The zero-order valence-corrected chi connectivity index (χ0v) is 16.4. The fourth-order valence-electron chi connectivity index (χ4n) is 3.23. The lowest BCUT2D eigenvalue weighted by molar-refractivity contribution is -0.275. The second kappa shape index (κ2) is 6.81. The van der Waals surface area contributed by atoms with Crippen molar-refractivity contribution in [2.75, 3.05) is 0 Å². The maximum Gasteiger partial charge on any atom is 0.435 e. The highest BCUT2D eigenvalue weighted by atomic mass is 35.5. The Morgan fingerprint density at radius 2 is 1.89 bits per heavy atom. The summed E-state index contributed by atoms with van der Waals surface area (Å²) in [4.78, 5) is 16.6. The van der Waals surface area contributed by atoms with Crippen LogP contribution in [-0.2, 0) is 15.2 Å². The Morgan fingerprint density at radius 3 is 2.43 bits per heavy atom. The van der Waals surface area contributed by atoms with E-state index in [-0.39, 0.29) is 32.8 Å². The molecule has 0 fully saturated rings. The fourth-order valence-corrected chi connectivity index (χ4v) is 3.76. The van der Waals surface area contributed by atoms with Crippen LogP contribution < -0.4 is 0 Å². The minimum absolute atomic E-state index is 0.00375. The number of allylic oxidation sites excluding steroid dienone is 3. The Balaban J connectivity index is 2.03. The Hall–Kier alpha value is -1.99. The van der Waals surface area contributed by atoms with Gasteiger partial charge in [0.15, 0.2) is 0 Å². The van der Waals surface area contributed by atoms with Crippen LogP contribution in [-0.4, -0.2) is 23.0 Å². The zero-order chi connectivity index (χ0) is 20.9. The maximum atomic E-state index is 14.0. The molecular weight excluding hydrogens is 418 g/mol. The van der Waals surface area contributed by atoms with Crippen LogP contribution in [0.25, 0.3) is 0 Å². The molecule has 0 aromatic heterocycles. The lowest BCUT2D eigenvalue weighted by atomic mass is 9.72. The van der Waals surface area contributed by atoms with E-state index >= 15 is 0 Å². The van der Waals surface area contributed by atoms with Crippen LogP contribution in [0.5, 0.6) is 0 Å². The van der Waals surface area contributed by atoms with Crippen LogP contribution in [0.1, 0.15) is 25.8 Å². The summed E-state index contributed by atoms with van der Waals surface area (Å²) in [7, 11) is 0. The highest BCUT2D eigenvalue weighted by Gasteiger charge is 2.62. The number of hydrogen-bond donors (Lipinski definition) is 1. The van der Waals surface area contributed by atoms with Gasteiger partial charge >= 0.3 is 12.1 Å². The van der Waals surface area contributed by atoms with Crippen LogP contribution in [0, 0.1) is 11.3 Å². The van der Waals surface area contributed by atoms with E-state index in [2.05, 4.69) is 5.16 Å². The van der Waals surface area contributed by atoms with Crippen molar-refractivity contribution in [1.82, 2.24) is 0 Å². The average molecular weight is 434 g/mol. The monoisotopic (exact) mass is 433 g/mol. The molecule has 3 rings (SSSR count). The number of aliphatic carboxylic acids is 1. The van der Waals surface area contributed by atoms with E-state index in [1.165, 1.54) is 19.1 Å². The van der Waals surface area contributed by atoms with Crippen LogP contribution >= 0.6 is 23.2 Å². The molecule has 0 saturated heterocycles. The lowest BCUT2D eigenvalue weighted by Crippen LogP contribution is -2.43. The van der Waals surface area contributed by atoms with Crippen LogP contribution in [0.4, 0.5) is 13.2 Å². The number of alkyl halides is 3. The molecule has 9 heteroatoms. The van der Waals surface area contributed by atoms with Gasteiger partial charge in [-0.15, -0.1) is 0 Å². The molecule has 3 unspecified atom stereocenters. The molecule has 28 heavy (non-hydrogen) atoms. The van der Waals surface area contributed by atoms with Crippen molar-refractivity contribution in [2.45, 2.75) is 32.0 Å². The summed E-state index contributed by atoms with van der Waals surface area (Å²) in [5.41, 5.74) is -4.01. The first-order valence-corrected chi connectivity index (χ1v) is 9.08. The standard InChI is InChI=1S/C19H16Cl2F3NO3/c1-10-3-4-11(8-17(10,2)16(26)27)15-9-18(28-25-15,19(22,23)24)12-5-13(20)7-14(21)6-12/h3-8,10H,9H2,1-2H3,(H,26,27). The van der Waals surface area contributed by atoms with Crippen LogP contribution in [0.15, 0.2) is 47.2 Å². The van der Waals surface area contributed by atoms with Crippen molar-refractivity contribution in [1.29, 1.82) is 0 Å². The number of oxime groups is 1. The molecule has 0 bridgehead atoms. The van der Waals surface area contributed by atoms with Gasteiger partial charge in [0.1, 0.15) is 0 Å². The zero-order valence-electron chi connectivity index (χ0n) is 14.8. The van der Waals surface area contributed by atoms with Gasteiger partial charge in [-0.1, -0.05) is 53.5 Å². The Morgan fingerprint density at radius 1 is 1.29 bits per heavy atom. The Bertz CT molecular complexity index is 905. The number of rotatable bonds is 3. The molecule has 1 heterocycles. The van der Waals surface area contributed by atoms with Gasteiger partial charge in [0.25, 0.3) is 5.60 Å². The molecule has 1 aliphatic carbocycles. The molecule has 3 atom stereocenters. The van der Waals surface area contributed by atoms with Gasteiger partial charge in [0, 0.05) is 22.0 Å². The number of hydrogen-bond acceptors (Lipinski definition) is 3. The summed E-state index contributed by atoms with van der Waals surface area (Å²) in [5, 5.41) is 13.3. The molecule has 1 N–H and O–H groups in total. The van der Waals surface area contributed by atoms with Gasteiger partial charge in [0.05, 0.1) is 11.1 Å². The minimum Gasteiger partial charge on any atom is -0.481 e. The summed E-state index contributed by atoms with van der Waals surface area (Å²) in [6.45, 7) is 3.23. The number of carboxylic acid groups (broad SMARTS) is 1. The van der Waals surface area contributed by atoms with E-state index in [9.17, 15) is 23.1 Å². The molecule has 150 valence electrons. The van der Waals surface area contributed by atoms with E-state index in [0.29, 0.717) is 0 Å². The van der Waals surface area contributed by atoms with Crippen molar-refractivity contribution in [3.8, 4) is 0 Å². The van der Waals surface area contributed by atoms with Gasteiger partial charge < -0.3 is 9.94 Å². The first-order chi connectivity index (χ1) is 12.9. The van der Waals surface area contributed by atoms with Crippen molar-refractivity contribution in [2.24, 2.45) is 16.5 Å². The number of nitrogens with zero attached hydrogens (tertiary/aromatic N) is 1. The van der Waals surface area contributed by atoms with Gasteiger partial charge in [-0.25, -0.2) is 0 Å². The smallest absolute Gasteiger partial charge is 0.435 e. The fraction of sp³-hybridized carbons (Fsp3) is 0.368. The highest BCUT2D eigenvalue weighted by molar-refractivity contribution is 6.34. The third-order valence-electron chi connectivity index (χ3n) is 5.27. The largest absolute Gasteiger partial charge is 0.481 e. The van der Waals surface area contributed by atoms with E-state index in [4.69, 9.17) is 28.0 Å².